The second-order valence-electron chi connectivity index (χ2n) is 2.15. The quantitative estimate of drug-likeness (QED) is 0.467. The maximum absolute atomic E-state index is 7.50. The molecule has 0 amide bonds. The van der Waals surface area contributed by atoms with E-state index >= 15 is 0 Å². The molecule has 0 heterocycles. The van der Waals surface area contributed by atoms with Gasteiger partial charge in [-0.1, -0.05) is 42.5 Å². The van der Waals surface area contributed by atoms with Crippen LogP contribution in [0.5, 0.6) is 0 Å². The molecule has 0 spiro atoms. The van der Waals surface area contributed by atoms with Crippen molar-refractivity contribution in [3.05, 3.63) is 67.3 Å². The van der Waals surface area contributed by atoms with Crippen LogP contribution in [0.15, 0.2) is 48.1 Å². The van der Waals surface area contributed by atoms with Crippen molar-refractivity contribution < 1.29 is 29.4 Å². The van der Waals surface area contributed by atoms with Crippen molar-refractivity contribution in [3.8, 4) is 0 Å². The second-order valence-corrected chi connectivity index (χ2v) is 2.15. The van der Waals surface area contributed by atoms with E-state index in [2.05, 4.69) is 55.8 Å². The molecule has 14 heavy (non-hydrogen) atoms. The molecule has 0 saturated carbocycles. The van der Waals surface area contributed by atoms with Crippen LogP contribution in [0, 0.1) is 19.2 Å². The number of hydrogen-bond donors (Lipinski definition) is 0. The molecule has 0 unspecified atom stereocenters. The molecule has 2 nitrogen and oxygen atoms in total. The zero-order valence-electron chi connectivity index (χ0n) is 7.19. The predicted molar refractivity (Wildman–Crippen MR) is 46.6 cm³/mol. The third-order valence-corrected chi connectivity index (χ3v) is 1.55. The average molecular weight is 363 g/mol. The summed E-state index contributed by atoms with van der Waals surface area (Å²) in [6, 6.07) is 0. The normalized spacial score (nSPS) is 14.7. The van der Waals surface area contributed by atoms with Crippen LogP contribution >= 0.6 is 0 Å². The Bertz CT molecular complexity index is 300. The first-order valence-corrected chi connectivity index (χ1v) is 3.48. The van der Waals surface area contributed by atoms with Gasteiger partial charge in [0.15, 0.2) is 0 Å². The molecule has 72 valence electrons. The zero-order chi connectivity index (χ0) is 10.1. The smallest absolute Gasteiger partial charge is 0 e. The number of rotatable bonds is 0. The van der Waals surface area contributed by atoms with Crippen molar-refractivity contribution in [1.29, 1.82) is 0 Å². The van der Waals surface area contributed by atoms with Gasteiger partial charge in [0.1, 0.15) is 0 Å². The van der Waals surface area contributed by atoms with E-state index < -0.39 is 0 Å². The van der Waals surface area contributed by atoms with Gasteiger partial charge in [-0.25, -0.2) is 0 Å². The monoisotopic (exact) mass is 364 g/mol. The summed E-state index contributed by atoms with van der Waals surface area (Å²) < 4.78 is 15.0. The zero-order valence-corrected chi connectivity index (χ0v) is 9.59. The third-order valence-electron chi connectivity index (χ3n) is 1.55. The fourth-order valence-corrected chi connectivity index (χ4v) is 1.07. The van der Waals surface area contributed by atoms with Crippen LogP contribution in [0.25, 0.3) is 0 Å². The van der Waals surface area contributed by atoms with Crippen LogP contribution < -0.4 is 0 Å². The molecule has 0 fully saturated rings. The third kappa shape index (κ3) is 4.36. The van der Waals surface area contributed by atoms with Crippen molar-refractivity contribution in [3.63, 3.8) is 0 Å². The van der Waals surface area contributed by atoms with E-state index in [0.717, 1.165) is 0 Å². The van der Waals surface area contributed by atoms with Crippen LogP contribution in [-0.4, -0.2) is 0 Å². The first kappa shape index (κ1) is 15.6. The first-order chi connectivity index (χ1) is 6.47. The predicted octanol–water partition coefficient (Wildman–Crippen LogP) is 2.11. The van der Waals surface area contributed by atoms with Crippen molar-refractivity contribution in [1.82, 2.24) is 0 Å². The summed E-state index contributed by atoms with van der Waals surface area (Å²) in [6.07, 6.45) is 14.7. The van der Waals surface area contributed by atoms with Gasteiger partial charge in [-0.05, 0) is 5.57 Å². The van der Waals surface area contributed by atoms with E-state index in [1.807, 2.05) is 0 Å². The summed E-state index contributed by atoms with van der Waals surface area (Å²) in [4.78, 5) is 0. The Kier molecular flexibility index (Phi) is 11.3. The molecule has 0 saturated heterocycles. The average Bonchev–Trinajstić information content (AvgIpc) is 2.71. The second kappa shape index (κ2) is 10.2. The maximum Gasteiger partial charge on any atom is 0 e. The standard InChI is InChI=1S/C9H7.2CO.Ir/c1-2-5-9-7-3-6-8(9)4-1;2*1-2;/h1-7H;;;. The van der Waals surface area contributed by atoms with Crippen LogP contribution in [0.1, 0.15) is 0 Å². The largest absolute Gasteiger partial charge is 0 e. The number of allylic oxidation sites excluding steroid dienone is 8. The van der Waals surface area contributed by atoms with E-state index in [9.17, 15) is 0 Å². The minimum atomic E-state index is 0. The van der Waals surface area contributed by atoms with Crippen LogP contribution in [0.2, 0.25) is 0 Å². The molecular weight excluding hydrogens is 356 g/mol. The summed E-state index contributed by atoms with van der Waals surface area (Å²) in [5, 5.41) is 0. The van der Waals surface area contributed by atoms with Gasteiger partial charge in [-0.15, -0.1) is 0 Å². The van der Waals surface area contributed by atoms with E-state index in [4.69, 9.17) is 9.30 Å². The summed E-state index contributed by atoms with van der Waals surface area (Å²) in [6.45, 7) is 9.00. The molecule has 0 aromatic carbocycles. The Morgan fingerprint density at radius 3 is 1.86 bits per heavy atom. The number of fused-ring (bicyclic) bond motifs is 1. The van der Waals surface area contributed by atoms with Crippen molar-refractivity contribution in [2.45, 2.75) is 0 Å². The van der Waals surface area contributed by atoms with E-state index in [-0.39, 0.29) is 20.1 Å². The first-order valence-electron chi connectivity index (χ1n) is 3.48. The summed E-state index contributed by atoms with van der Waals surface area (Å²) >= 11 is 0. The minimum absolute atomic E-state index is 0. The molecule has 0 N–H and O–H groups in total. The van der Waals surface area contributed by atoms with Crippen molar-refractivity contribution in [2.24, 2.45) is 0 Å². The summed E-state index contributed by atoms with van der Waals surface area (Å²) in [7, 11) is 0. The van der Waals surface area contributed by atoms with Crippen molar-refractivity contribution >= 4 is 0 Å². The molecule has 0 aliphatic heterocycles. The molecule has 0 atom stereocenters. The van der Waals surface area contributed by atoms with Gasteiger partial charge >= 0.3 is 22.6 Å². The SMILES string of the molecule is C1=C[C]2C=CC=C2C=C1.[C-]#[O+].[C-]#[O+].[Ir]. The Hall–Kier alpha value is -0.911. The van der Waals surface area contributed by atoms with Crippen molar-refractivity contribution in [2.75, 3.05) is 0 Å². The van der Waals surface area contributed by atoms with Crippen LogP contribution in [0.3, 0.4) is 0 Å². The van der Waals surface area contributed by atoms with E-state index in [0.29, 0.717) is 0 Å². The molecule has 2 aliphatic carbocycles. The van der Waals surface area contributed by atoms with E-state index in [1.165, 1.54) is 11.5 Å². The molecule has 2 radical (unpaired) electrons. The van der Waals surface area contributed by atoms with Gasteiger partial charge in [0.25, 0.3) is 0 Å². The van der Waals surface area contributed by atoms with Gasteiger partial charge in [0.2, 0.25) is 0 Å². The number of hydrogen-bond acceptors (Lipinski definition) is 0. The maximum atomic E-state index is 7.50. The molecular formula is C11H7IrO2. The minimum Gasteiger partial charge on any atom is 0 e. The molecule has 0 aromatic rings. The molecule has 2 rings (SSSR count). The van der Waals surface area contributed by atoms with E-state index in [1.54, 1.807) is 0 Å². The molecule has 0 aromatic heterocycles. The molecule has 2 aliphatic rings. The Morgan fingerprint density at radius 1 is 0.786 bits per heavy atom. The van der Waals surface area contributed by atoms with Crippen LogP contribution in [0.4, 0.5) is 0 Å². The Labute approximate surface area is 96.9 Å². The van der Waals surface area contributed by atoms with Gasteiger partial charge in [-0.2, -0.15) is 0 Å². The fraction of sp³-hybridized carbons (Fsp3) is 0. The fourth-order valence-electron chi connectivity index (χ4n) is 1.07. The molecule has 3 heteroatoms. The van der Waals surface area contributed by atoms with Gasteiger partial charge < -0.3 is 0 Å². The molecule has 0 bridgehead atoms. The Morgan fingerprint density at radius 2 is 1.29 bits per heavy atom. The summed E-state index contributed by atoms with van der Waals surface area (Å²) in [5.74, 6) is 1.33. The summed E-state index contributed by atoms with van der Waals surface area (Å²) in [5.41, 5.74) is 1.33. The van der Waals surface area contributed by atoms with Gasteiger partial charge in [0.05, 0.1) is 0 Å². The van der Waals surface area contributed by atoms with Gasteiger partial charge in [-0.3, -0.25) is 0 Å². The topological polar surface area (TPSA) is 39.8 Å². The van der Waals surface area contributed by atoms with Gasteiger partial charge in [0, 0.05) is 26.0 Å². The van der Waals surface area contributed by atoms with Crippen LogP contribution in [-0.2, 0) is 29.4 Å². The Balaban J connectivity index is 0.